The summed E-state index contributed by atoms with van der Waals surface area (Å²) in [5.41, 5.74) is 0.637. The second-order valence-electron chi connectivity index (χ2n) is 7.06. The van der Waals surface area contributed by atoms with Gasteiger partial charge in [-0.1, -0.05) is 18.2 Å². The Balaban J connectivity index is 1.58. The molecule has 3 heterocycles. The molecule has 1 aromatic carbocycles. The average Bonchev–Trinajstić information content (AvgIpc) is 3.14. The molecule has 0 saturated carbocycles. The first kappa shape index (κ1) is 17.0. The van der Waals surface area contributed by atoms with Crippen LogP contribution in [-0.2, 0) is 22.4 Å². The minimum absolute atomic E-state index is 0.0720. The predicted octanol–water partition coefficient (Wildman–Crippen LogP) is 2.16. The van der Waals surface area contributed by atoms with Crippen LogP contribution >= 0.6 is 11.3 Å². The number of hydrogen-bond acceptors (Lipinski definition) is 5. The fourth-order valence-electron chi connectivity index (χ4n) is 3.97. The molecule has 4 rings (SSSR count). The van der Waals surface area contributed by atoms with Crippen LogP contribution in [0.1, 0.15) is 16.3 Å². The number of aromatic nitrogens is 1. The second kappa shape index (κ2) is 6.39. The Morgan fingerprint density at radius 1 is 1.42 bits per heavy atom. The van der Waals surface area contributed by atoms with Crippen molar-refractivity contribution in [2.75, 3.05) is 19.7 Å². The van der Waals surface area contributed by atoms with Crippen molar-refractivity contribution in [1.29, 1.82) is 0 Å². The van der Waals surface area contributed by atoms with E-state index in [0.29, 0.717) is 19.6 Å². The van der Waals surface area contributed by atoms with Gasteiger partial charge in [0.25, 0.3) is 0 Å². The number of thiazole rings is 1. The first-order valence-corrected chi connectivity index (χ1v) is 9.49. The molecule has 136 valence electrons. The van der Waals surface area contributed by atoms with Crippen molar-refractivity contribution in [1.82, 2.24) is 9.88 Å². The van der Waals surface area contributed by atoms with Crippen LogP contribution < -0.4 is 4.74 Å². The Hall–Kier alpha value is -2.41. The lowest BCUT2D eigenvalue weighted by Crippen LogP contribution is -2.42. The topological polar surface area (TPSA) is 79.7 Å². The van der Waals surface area contributed by atoms with E-state index in [-0.39, 0.29) is 24.8 Å². The van der Waals surface area contributed by atoms with Gasteiger partial charge in [0.05, 0.1) is 29.1 Å². The zero-order chi connectivity index (χ0) is 18.3. The van der Waals surface area contributed by atoms with Gasteiger partial charge >= 0.3 is 5.97 Å². The number of carbonyl (C=O) groups excluding carboxylic acids is 1. The highest BCUT2D eigenvalue weighted by atomic mass is 32.1. The molecule has 1 N–H and O–H groups in total. The van der Waals surface area contributed by atoms with Gasteiger partial charge in [-0.2, -0.15) is 0 Å². The molecular formula is C19H20N2O4S. The molecule has 1 fully saturated rings. The molecule has 1 saturated heterocycles. The first-order chi connectivity index (χ1) is 12.5. The molecule has 0 bridgehead atoms. The lowest BCUT2D eigenvalue weighted by molar-refractivity contribution is -0.151. The Morgan fingerprint density at radius 2 is 2.23 bits per heavy atom. The number of carboxylic acid groups (broad SMARTS) is 1. The summed E-state index contributed by atoms with van der Waals surface area (Å²) in [4.78, 5) is 31.0. The fraction of sp³-hybridized carbons (Fsp3) is 0.421. The van der Waals surface area contributed by atoms with Crippen molar-refractivity contribution < 1.29 is 19.4 Å². The lowest BCUT2D eigenvalue weighted by Gasteiger charge is -2.27. The molecule has 1 amide bonds. The van der Waals surface area contributed by atoms with Crippen molar-refractivity contribution >= 4 is 23.2 Å². The van der Waals surface area contributed by atoms with E-state index in [4.69, 9.17) is 4.74 Å². The second-order valence-corrected chi connectivity index (χ2v) is 8.12. The van der Waals surface area contributed by atoms with E-state index in [1.165, 1.54) is 11.3 Å². The van der Waals surface area contributed by atoms with Crippen molar-refractivity contribution in [2.24, 2.45) is 11.3 Å². The van der Waals surface area contributed by atoms with Crippen LogP contribution in [0.4, 0.5) is 0 Å². The Labute approximate surface area is 155 Å². The third-order valence-electron chi connectivity index (χ3n) is 5.39. The van der Waals surface area contributed by atoms with Crippen LogP contribution in [0, 0.1) is 18.3 Å². The molecule has 0 aliphatic carbocycles. The summed E-state index contributed by atoms with van der Waals surface area (Å²) in [6, 6.07) is 7.56. The smallest absolute Gasteiger partial charge is 0.312 e. The van der Waals surface area contributed by atoms with E-state index in [2.05, 4.69) is 4.98 Å². The molecule has 2 aliphatic rings. The highest BCUT2D eigenvalue weighted by Crippen LogP contribution is 2.44. The summed E-state index contributed by atoms with van der Waals surface area (Å²) in [6.07, 6.45) is 0.590. The number of ether oxygens (including phenoxy) is 1. The Morgan fingerprint density at radius 3 is 2.96 bits per heavy atom. The molecule has 2 aromatic rings. The number of nitrogens with zero attached hydrogens (tertiary/aromatic N) is 2. The van der Waals surface area contributed by atoms with Gasteiger partial charge in [-0.05, 0) is 25.0 Å². The monoisotopic (exact) mass is 372 g/mol. The van der Waals surface area contributed by atoms with Crippen LogP contribution in [0.2, 0.25) is 0 Å². The number of carboxylic acids is 1. The van der Waals surface area contributed by atoms with Gasteiger partial charge in [-0.15, -0.1) is 11.3 Å². The summed E-state index contributed by atoms with van der Waals surface area (Å²) in [5.74, 6) is -0.410. The molecule has 26 heavy (non-hydrogen) atoms. The maximum Gasteiger partial charge on any atom is 0.312 e. The Bertz CT molecular complexity index is 865. The summed E-state index contributed by atoms with van der Waals surface area (Å²) in [6.45, 7) is 2.83. The summed E-state index contributed by atoms with van der Waals surface area (Å²) in [5, 5.41) is 12.8. The van der Waals surface area contributed by atoms with Crippen LogP contribution in [0.25, 0.3) is 0 Å². The molecule has 6 nitrogen and oxygen atoms in total. The van der Waals surface area contributed by atoms with Crippen LogP contribution in [-0.4, -0.2) is 46.6 Å². The van der Waals surface area contributed by atoms with Crippen LogP contribution in [0.3, 0.4) is 0 Å². The molecule has 2 aliphatic heterocycles. The molecule has 7 heteroatoms. The number of para-hydroxylation sites is 1. The summed E-state index contributed by atoms with van der Waals surface area (Å²) >= 11 is 1.51. The van der Waals surface area contributed by atoms with E-state index >= 15 is 0 Å². The fourth-order valence-corrected chi connectivity index (χ4v) is 4.58. The molecule has 0 spiro atoms. The molecule has 0 radical (unpaired) electrons. The third kappa shape index (κ3) is 2.86. The van der Waals surface area contributed by atoms with Gasteiger partial charge in [0, 0.05) is 24.4 Å². The van der Waals surface area contributed by atoms with Gasteiger partial charge in [0.15, 0.2) is 0 Å². The van der Waals surface area contributed by atoms with E-state index in [9.17, 15) is 14.7 Å². The maximum absolute atomic E-state index is 12.7. The minimum atomic E-state index is -1.000. The molecule has 0 unspecified atom stereocenters. The number of fused-ring (bicyclic) bond motifs is 2. The normalized spacial score (nSPS) is 24.3. The standard InChI is InChI=1S/C19H20N2O4S/c1-12-20-15(10-26-12)6-17(22)21-8-14-9-25-16-5-3-2-4-13(16)7-19(14,11-21)18(23)24/h2-5,10,14H,6-9,11H2,1H3,(H,23,24)/t14-,19+/m1/s1. The number of aryl methyl sites for hydroxylation is 1. The number of likely N-dealkylation sites (tertiary alicyclic amines) is 1. The Kier molecular flexibility index (Phi) is 4.19. The molecule has 1 aromatic heterocycles. The zero-order valence-electron chi connectivity index (χ0n) is 14.5. The minimum Gasteiger partial charge on any atom is -0.493 e. The number of carbonyl (C=O) groups is 2. The first-order valence-electron chi connectivity index (χ1n) is 8.61. The SMILES string of the molecule is Cc1nc(CC(=O)N2C[C@@H]3COc4ccccc4C[C@]3(C(=O)O)C2)cs1. The van der Waals surface area contributed by atoms with Gasteiger partial charge in [-0.25, -0.2) is 4.98 Å². The quantitative estimate of drug-likeness (QED) is 0.893. The third-order valence-corrected chi connectivity index (χ3v) is 6.21. The van der Waals surface area contributed by atoms with Crippen molar-refractivity contribution in [2.45, 2.75) is 19.8 Å². The van der Waals surface area contributed by atoms with E-state index in [1.807, 2.05) is 36.6 Å². The van der Waals surface area contributed by atoms with Gasteiger partial charge in [0.1, 0.15) is 5.75 Å². The van der Waals surface area contributed by atoms with Crippen molar-refractivity contribution in [3.8, 4) is 5.75 Å². The number of benzene rings is 1. The highest BCUT2D eigenvalue weighted by molar-refractivity contribution is 7.09. The van der Waals surface area contributed by atoms with Crippen LogP contribution in [0.15, 0.2) is 29.6 Å². The summed E-state index contributed by atoms with van der Waals surface area (Å²) < 4.78 is 5.88. The van der Waals surface area contributed by atoms with Crippen LogP contribution in [0.5, 0.6) is 5.75 Å². The van der Waals surface area contributed by atoms with Gasteiger partial charge in [0.2, 0.25) is 5.91 Å². The van der Waals surface area contributed by atoms with E-state index in [1.54, 1.807) is 4.90 Å². The maximum atomic E-state index is 12.7. The average molecular weight is 372 g/mol. The van der Waals surface area contributed by atoms with Crippen molar-refractivity contribution in [3.63, 3.8) is 0 Å². The van der Waals surface area contributed by atoms with Gasteiger partial charge < -0.3 is 14.7 Å². The zero-order valence-corrected chi connectivity index (χ0v) is 15.3. The van der Waals surface area contributed by atoms with Crippen molar-refractivity contribution in [3.05, 3.63) is 45.9 Å². The van der Waals surface area contributed by atoms with Gasteiger partial charge in [-0.3, -0.25) is 9.59 Å². The van der Waals surface area contributed by atoms with E-state index in [0.717, 1.165) is 22.0 Å². The van der Waals surface area contributed by atoms with E-state index < -0.39 is 11.4 Å². The lowest BCUT2D eigenvalue weighted by atomic mass is 9.74. The largest absolute Gasteiger partial charge is 0.493 e. The highest BCUT2D eigenvalue weighted by Gasteiger charge is 2.55. The number of aliphatic carboxylic acids is 1. The number of hydrogen-bond donors (Lipinski definition) is 1. The predicted molar refractivity (Wildman–Crippen MR) is 96.3 cm³/mol. The molecule has 2 atom stereocenters. The number of amides is 1. The summed E-state index contributed by atoms with van der Waals surface area (Å²) in [7, 11) is 0. The molecular weight excluding hydrogens is 352 g/mol. The number of rotatable bonds is 3.